The predicted octanol–water partition coefficient (Wildman–Crippen LogP) is 2.65. The van der Waals surface area contributed by atoms with E-state index in [1.54, 1.807) is 57.2 Å². The second-order valence-electron chi connectivity index (χ2n) is 6.99. The van der Waals surface area contributed by atoms with Crippen LogP contribution in [-0.2, 0) is 14.4 Å². The zero-order valence-corrected chi connectivity index (χ0v) is 18.9. The summed E-state index contributed by atoms with van der Waals surface area (Å²) in [5, 5.41) is 9.52. The molecule has 0 atom stereocenters. The van der Waals surface area contributed by atoms with Crippen LogP contribution in [0.4, 0.5) is 5.69 Å². The molecule has 170 valence electrons. The third-order valence-corrected chi connectivity index (χ3v) is 4.50. The number of hydrogen-bond donors (Lipinski definition) is 3. The minimum Gasteiger partial charge on any atom is -0.493 e. The normalized spacial score (nSPS) is 10.7. The van der Waals surface area contributed by atoms with Crippen LogP contribution in [-0.4, -0.2) is 43.7 Å². The van der Waals surface area contributed by atoms with Gasteiger partial charge in [0.05, 0.1) is 13.3 Å². The van der Waals surface area contributed by atoms with Crippen LogP contribution in [0.1, 0.15) is 25.0 Å². The van der Waals surface area contributed by atoms with E-state index >= 15 is 0 Å². The summed E-state index contributed by atoms with van der Waals surface area (Å²) in [5.74, 6) is -1.29. The van der Waals surface area contributed by atoms with Crippen LogP contribution < -0.4 is 25.5 Å². The third kappa shape index (κ3) is 7.28. The fourth-order valence-electron chi connectivity index (χ4n) is 2.50. The van der Waals surface area contributed by atoms with Crippen LogP contribution >= 0.6 is 11.6 Å². The molecule has 0 saturated carbocycles. The molecule has 0 saturated heterocycles. The average Bonchev–Trinajstić information content (AvgIpc) is 2.75. The molecule has 2 aromatic rings. The lowest BCUT2D eigenvalue weighted by Gasteiger charge is -2.12. The van der Waals surface area contributed by atoms with Gasteiger partial charge in [-0.15, -0.1) is 0 Å². The Hall–Kier alpha value is -3.59. The van der Waals surface area contributed by atoms with Crippen molar-refractivity contribution in [1.82, 2.24) is 10.7 Å². The zero-order chi connectivity index (χ0) is 23.7. The number of ether oxygens (including phenoxy) is 2. The van der Waals surface area contributed by atoms with E-state index in [4.69, 9.17) is 21.1 Å². The largest absolute Gasteiger partial charge is 0.493 e. The molecule has 3 amide bonds. The Bertz CT molecular complexity index is 1020. The number of hydrogen-bond acceptors (Lipinski definition) is 6. The molecule has 10 heteroatoms. The molecule has 0 spiro atoms. The Labute approximate surface area is 191 Å². The number of halogens is 1. The Morgan fingerprint density at radius 3 is 2.56 bits per heavy atom. The van der Waals surface area contributed by atoms with E-state index in [0.29, 0.717) is 27.8 Å². The first kappa shape index (κ1) is 24.7. The number of nitrogens with one attached hydrogen (secondary N) is 3. The Kier molecular flexibility index (Phi) is 9.03. The number of carbonyl (C=O) groups is 3. The van der Waals surface area contributed by atoms with Crippen LogP contribution in [0, 0.1) is 6.92 Å². The number of rotatable bonds is 8. The standard InChI is InChI=1S/C22H25ClN4O5/c1-13(2)25-21(29)22(30)27-24-11-15-8-9-18(19(10-15)31-4)32-12-20(28)26-17-7-5-6-16(23)14(17)3/h5-11,13H,12H2,1-4H3,(H,25,29)(H,26,28)(H,27,30)/b24-11-. The van der Waals surface area contributed by atoms with Gasteiger partial charge in [0, 0.05) is 16.8 Å². The maximum absolute atomic E-state index is 12.2. The molecule has 2 aromatic carbocycles. The molecule has 9 nitrogen and oxygen atoms in total. The summed E-state index contributed by atoms with van der Waals surface area (Å²) >= 11 is 6.06. The van der Waals surface area contributed by atoms with E-state index in [2.05, 4.69) is 21.2 Å². The number of anilines is 1. The highest BCUT2D eigenvalue weighted by atomic mass is 35.5. The fraction of sp³-hybridized carbons (Fsp3) is 0.273. The minimum absolute atomic E-state index is 0.161. The smallest absolute Gasteiger partial charge is 0.329 e. The van der Waals surface area contributed by atoms with Crippen molar-refractivity contribution in [3.8, 4) is 11.5 Å². The van der Waals surface area contributed by atoms with Crippen molar-refractivity contribution < 1.29 is 23.9 Å². The highest BCUT2D eigenvalue weighted by Crippen LogP contribution is 2.28. The van der Waals surface area contributed by atoms with Crippen LogP contribution in [0.5, 0.6) is 11.5 Å². The highest BCUT2D eigenvalue weighted by molar-refractivity contribution is 6.35. The van der Waals surface area contributed by atoms with Gasteiger partial charge in [-0.1, -0.05) is 17.7 Å². The predicted molar refractivity (Wildman–Crippen MR) is 122 cm³/mol. The topological polar surface area (TPSA) is 118 Å². The van der Waals surface area contributed by atoms with Crippen LogP contribution in [0.2, 0.25) is 5.02 Å². The quantitative estimate of drug-likeness (QED) is 0.318. The first-order valence-electron chi connectivity index (χ1n) is 9.71. The molecular formula is C22H25ClN4O5. The van der Waals surface area contributed by atoms with Crippen molar-refractivity contribution in [1.29, 1.82) is 0 Å². The molecule has 0 aliphatic carbocycles. The van der Waals surface area contributed by atoms with E-state index < -0.39 is 11.8 Å². The summed E-state index contributed by atoms with van der Waals surface area (Å²) in [6.45, 7) is 5.05. The van der Waals surface area contributed by atoms with E-state index in [1.165, 1.54) is 13.3 Å². The van der Waals surface area contributed by atoms with Gasteiger partial charge in [-0.25, -0.2) is 5.43 Å². The molecule has 2 rings (SSSR count). The van der Waals surface area contributed by atoms with Gasteiger partial charge in [-0.3, -0.25) is 14.4 Å². The zero-order valence-electron chi connectivity index (χ0n) is 18.2. The first-order chi connectivity index (χ1) is 15.2. The van der Waals surface area contributed by atoms with Crippen molar-refractivity contribution in [2.75, 3.05) is 19.0 Å². The highest BCUT2D eigenvalue weighted by Gasteiger charge is 2.13. The molecule has 0 bridgehead atoms. The molecule has 32 heavy (non-hydrogen) atoms. The van der Waals surface area contributed by atoms with Gasteiger partial charge < -0.3 is 20.1 Å². The summed E-state index contributed by atoms with van der Waals surface area (Å²) in [4.78, 5) is 35.4. The summed E-state index contributed by atoms with van der Waals surface area (Å²) < 4.78 is 10.9. The molecule has 0 fully saturated rings. The van der Waals surface area contributed by atoms with E-state index in [1.807, 2.05) is 0 Å². The number of amides is 3. The van der Waals surface area contributed by atoms with Gasteiger partial charge in [-0.05, 0) is 62.2 Å². The molecule has 0 unspecified atom stereocenters. The van der Waals surface area contributed by atoms with Crippen LogP contribution in [0.3, 0.4) is 0 Å². The molecule has 0 heterocycles. The van der Waals surface area contributed by atoms with Crippen molar-refractivity contribution in [2.24, 2.45) is 5.10 Å². The molecule has 0 radical (unpaired) electrons. The van der Waals surface area contributed by atoms with Crippen LogP contribution in [0.25, 0.3) is 0 Å². The average molecular weight is 461 g/mol. The molecule has 0 aromatic heterocycles. The van der Waals surface area contributed by atoms with Crippen molar-refractivity contribution in [2.45, 2.75) is 26.8 Å². The summed E-state index contributed by atoms with van der Waals surface area (Å²) in [7, 11) is 1.45. The Morgan fingerprint density at radius 1 is 1.12 bits per heavy atom. The second kappa shape index (κ2) is 11.7. The number of nitrogens with zero attached hydrogens (tertiary/aromatic N) is 1. The maximum atomic E-state index is 12.2. The van der Waals surface area contributed by atoms with E-state index in [9.17, 15) is 14.4 Å². The Balaban J connectivity index is 1.95. The summed E-state index contributed by atoms with van der Waals surface area (Å²) in [5.41, 5.74) is 4.09. The molecular weight excluding hydrogens is 436 g/mol. The van der Waals surface area contributed by atoms with Gasteiger partial charge in [-0.2, -0.15) is 5.10 Å². The molecule has 0 aliphatic heterocycles. The van der Waals surface area contributed by atoms with Gasteiger partial charge in [0.1, 0.15) is 0 Å². The fourth-order valence-corrected chi connectivity index (χ4v) is 2.67. The number of methoxy groups -OCH3 is 1. The van der Waals surface area contributed by atoms with Crippen molar-refractivity contribution >= 4 is 41.2 Å². The molecule has 0 aliphatic rings. The summed E-state index contributed by atoms with van der Waals surface area (Å²) in [6.07, 6.45) is 1.35. The van der Waals surface area contributed by atoms with Gasteiger partial charge in [0.2, 0.25) is 0 Å². The lowest BCUT2D eigenvalue weighted by molar-refractivity contribution is -0.139. The number of hydrazone groups is 1. The van der Waals surface area contributed by atoms with Gasteiger partial charge in [0.25, 0.3) is 5.91 Å². The lowest BCUT2D eigenvalue weighted by atomic mass is 10.2. The van der Waals surface area contributed by atoms with Crippen molar-refractivity contribution in [3.05, 3.63) is 52.5 Å². The maximum Gasteiger partial charge on any atom is 0.329 e. The van der Waals surface area contributed by atoms with Crippen LogP contribution in [0.15, 0.2) is 41.5 Å². The van der Waals surface area contributed by atoms with Gasteiger partial charge >= 0.3 is 11.8 Å². The van der Waals surface area contributed by atoms with Gasteiger partial charge in [0.15, 0.2) is 18.1 Å². The van der Waals surface area contributed by atoms with Crippen molar-refractivity contribution in [3.63, 3.8) is 0 Å². The first-order valence-corrected chi connectivity index (χ1v) is 10.1. The minimum atomic E-state index is -0.872. The molecule has 3 N–H and O–H groups in total. The monoisotopic (exact) mass is 460 g/mol. The third-order valence-electron chi connectivity index (χ3n) is 4.09. The number of benzene rings is 2. The second-order valence-corrected chi connectivity index (χ2v) is 7.39. The van der Waals surface area contributed by atoms with E-state index in [-0.39, 0.29) is 18.6 Å². The van der Waals surface area contributed by atoms with E-state index in [0.717, 1.165) is 5.56 Å². The SMILES string of the molecule is COc1cc(/C=N\NC(=O)C(=O)NC(C)C)ccc1OCC(=O)Nc1cccc(Cl)c1C. The lowest BCUT2D eigenvalue weighted by Crippen LogP contribution is -2.41. The Morgan fingerprint density at radius 2 is 1.88 bits per heavy atom. The number of carbonyl (C=O) groups excluding carboxylic acids is 3. The summed E-state index contributed by atoms with van der Waals surface area (Å²) in [6, 6.07) is 9.94.